The van der Waals surface area contributed by atoms with Crippen molar-refractivity contribution >= 4 is 0 Å². The molecule has 5 atom stereocenters. The summed E-state index contributed by atoms with van der Waals surface area (Å²) < 4.78 is 6.28. The number of aliphatic hydroxyl groups is 3. The van der Waals surface area contributed by atoms with Gasteiger partial charge in [0.05, 0.1) is 0 Å². The van der Waals surface area contributed by atoms with Crippen molar-refractivity contribution in [3.8, 4) is 0 Å². The van der Waals surface area contributed by atoms with Crippen molar-refractivity contribution in [3.63, 3.8) is 0 Å². The molecule has 0 bridgehead atoms. The molecule has 1 heterocycles. The summed E-state index contributed by atoms with van der Waals surface area (Å²) in [6.45, 7) is -0.190. The summed E-state index contributed by atoms with van der Waals surface area (Å²) in [4.78, 5) is 3.85. The molecule has 1 saturated heterocycles. The van der Waals surface area contributed by atoms with Crippen LogP contribution in [0.1, 0.15) is 0 Å². The van der Waals surface area contributed by atoms with E-state index < -0.39 is 30.7 Å². The van der Waals surface area contributed by atoms with Crippen LogP contribution in [0.25, 0.3) is 0 Å². The molecule has 15 heavy (non-hydrogen) atoms. The topological polar surface area (TPSA) is 122 Å². The van der Waals surface area contributed by atoms with Crippen LogP contribution in [0, 0.1) is 0 Å². The third kappa shape index (κ3) is 2.83. The molecule has 1 rings (SSSR count). The fourth-order valence-electron chi connectivity index (χ4n) is 1.42. The lowest BCUT2D eigenvalue weighted by molar-refractivity contribution is -0.437. The van der Waals surface area contributed by atoms with Crippen LogP contribution in [0.3, 0.4) is 0 Å². The highest BCUT2D eigenvalue weighted by Crippen LogP contribution is 2.22. The van der Waals surface area contributed by atoms with Gasteiger partial charge in [-0.3, -0.25) is 5.26 Å². The first-order valence-electron chi connectivity index (χ1n) is 4.29. The Morgan fingerprint density at radius 3 is 2.33 bits per heavy atom. The number of hydrogen-bond acceptors (Lipinski definition) is 7. The van der Waals surface area contributed by atoms with Crippen molar-refractivity contribution in [2.24, 2.45) is 0 Å². The van der Waals surface area contributed by atoms with Crippen molar-refractivity contribution in [3.05, 3.63) is 0 Å². The molecule has 0 aliphatic carbocycles. The Balaban J connectivity index is 2.67. The third-order valence-corrected chi connectivity index (χ3v) is 2.19. The number of rotatable bonds is 3. The van der Waals surface area contributed by atoms with E-state index in [0.717, 1.165) is 0 Å². The highest BCUT2D eigenvalue weighted by atomic mass is 17.2. The normalized spacial score (nSPS) is 42.2. The molecular formula is C7H15O8+. The minimum Gasteiger partial charge on any atom is -0.387 e. The van der Waals surface area contributed by atoms with Crippen LogP contribution in [0.5, 0.6) is 0 Å². The van der Waals surface area contributed by atoms with Crippen molar-refractivity contribution in [1.29, 1.82) is 0 Å². The summed E-state index contributed by atoms with van der Waals surface area (Å²) in [6.07, 6.45) is -6.94. The van der Waals surface area contributed by atoms with Gasteiger partial charge in [-0.05, 0) is 0 Å². The standard InChI is InChI=1S/C7H14O8/c1-15(12)2-3-4(8)6(14-11)5(9)7(10)13-3/h3-10,12H,2H2,1H3/p+1/t3-,4+,5-,6+,7-/m1/s1. The maximum Gasteiger partial charge on any atom is 0.214 e. The number of ether oxygens (including phenoxy) is 1. The Bertz CT molecular complexity index is 197. The van der Waals surface area contributed by atoms with Gasteiger partial charge in [0, 0.05) is 0 Å². The third-order valence-electron chi connectivity index (χ3n) is 2.19. The average molecular weight is 227 g/mol. The number of hydrogen-bond donors (Lipinski definition) is 5. The van der Waals surface area contributed by atoms with E-state index in [1.54, 1.807) is 0 Å². The van der Waals surface area contributed by atoms with E-state index in [9.17, 15) is 15.3 Å². The second-order valence-electron chi connectivity index (χ2n) is 3.38. The van der Waals surface area contributed by atoms with E-state index in [1.165, 1.54) is 11.6 Å². The summed E-state index contributed by atoms with van der Waals surface area (Å²) in [6, 6.07) is 0. The van der Waals surface area contributed by atoms with Gasteiger partial charge in [0.1, 0.15) is 12.2 Å². The summed E-state index contributed by atoms with van der Waals surface area (Å²) in [7, 11) is 1.24. The summed E-state index contributed by atoms with van der Waals surface area (Å²) in [5.41, 5.74) is 0. The van der Waals surface area contributed by atoms with E-state index in [0.29, 0.717) is 0 Å². The van der Waals surface area contributed by atoms with Gasteiger partial charge in [0.25, 0.3) is 0 Å². The quantitative estimate of drug-likeness (QED) is 0.213. The molecule has 0 unspecified atom stereocenters. The molecule has 1 aliphatic rings. The smallest absolute Gasteiger partial charge is 0.214 e. The van der Waals surface area contributed by atoms with E-state index in [4.69, 9.17) is 15.3 Å². The monoisotopic (exact) mass is 227 g/mol. The SMILES string of the molecule is C[O+](O)C[C@H]1O[C@@H](O)[C@H](O)[C@@H](OO)[C@H]1O. The van der Waals surface area contributed by atoms with Gasteiger partial charge < -0.3 is 20.1 Å². The van der Waals surface area contributed by atoms with Crippen molar-refractivity contribution in [2.75, 3.05) is 13.7 Å². The molecule has 0 spiro atoms. The van der Waals surface area contributed by atoms with Crippen LogP contribution >= 0.6 is 0 Å². The lowest BCUT2D eigenvalue weighted by Gasteiger charge is -2.37. The Labute approximate surface area is 85.4 Å². The highest BCUT2D eigenvalue weighted by molar-refractivity contribution is 4.89. The lowest BCUT2D eigenvalue weighted by Crippen LogP contribution is -2.59. The van der Waals surface area contributed by atoms with Crippen molar-refractivity contribution in [1.82, 2.24) is 0 Å². The average Bonchev–Trinajstić information content (AvgIpc) is 2.14. The van der Waals surface area contributed by atoms with E-state index in [1.807, 2.05) is 0 Å². The molecule has 0 radical (unpaired) electrons. The first-order valence-corrected chi connectivity index (χ1v) is 4.29. The largest absolute Gasteiger partial charge is 0.387 e. The van der Waals surface area contributed by atoms with Crippen LogP contribution in [0.2, 0.25) is 0 Å². The number of aliphatic hydroxyl groups excluding tert-OH is 3. The molecule has 8 heteroatoms. The first kappa shape index (κ1) is 12.7. The van der Waals surface area contributed by atoms with Gasteiger partial charge in [0.15, 0.2) is 25.6 Å². The van der Waals surface area contributed by atoms with Gasteiger partial charge >= 0.3 is 0 Å². The minimum atomic E-state index is -1.60. The molecule has 5 N–H and O–H groups in total. The zero-order valence-corrected chi connectivity index (χ0v) is 8.05. The van der Waals surface area contributed by atoms with Crippen LogP contribution in [-0.4, -0.2) is 70.3 Å². The van der Waals surface area contributed by atoms with Gasteiger partial charge in [-0.1, -0.05) is 0 Å². The molecule has 1 fully saturated rings. The maximum atomic E-state index is 9.53. The second-order valence-corrected chi connectivity index (χ2v) is 3.38. The Hall–Kier alpha value is -0.320. The van der Waals surface area contributed by atoms with Crippen LogP contribution < -0.4 is 0 Å². The van der Waals surface area contributed by atoms with E-state index >= 15 is 0 Å². The predicted molar refractivity (Wildman–Crippen MR) is 44.9 cm³/mol. The molecule has 0 amide bonds. The van der Waals surface area contributed by atoms with Crippen LogP contribution in [0.15, 0.2) is 0 Å². The Morgan fingerprint density at radius 2 is 1.87 bits per heavy atom. The second kappa shape index (κ2) is 5.14. The molecule has 0 aromatic carbocycles. The maximum absolute atomic E-state index is 9.53. The van der Waals surface area contributed by atoms with Gasteiger partial charge in [-0.25, -0.2) is 9.41 Å². The van der Waals surface area contributed by atoms with Gasteiger partial charge in [0.2, 0.25) is 6.61 Å². The zero-order chi connectivity index (χ0) is 11.6. The molecule has 0 saturated carbocycles. The molecule has 90 valence electrons. The fraction of sp³-hybridized carbons (Fsp3) is 1.00. The highest BCUT2D eigenvalue weighted by Gasteiger charge is 2.47. The zero-order valence-electron chi connectivity index (χ0n) is 8.05. The first-order chi connectivity index (χ1) is 6.97. The van der Waals surface area contributed by atoms with Crippen LogP contribution in [0.4, 0.5) is 0 Å². The fourth-order valence-corrected chi connectivity index (χ4v) is 1.42. The summed E-state index contributed by atoms with van der Waals surface area (Å²) >= 11 is 0. The minimum absolute atomic E-state index is 0.190. The molecule has 8 nitrogen and oxygen atoms in total. The van der Waals surface area contributed by atoms with E-state index in [2.05, 4.69) is 4.89 Å². The summed E-state index contributed by atoms with van der Waals surface area (Å²) in [5.74, 6) is 0. The van der Waals surface area contributed by atoms with E-state index in [-0.39, 0.29) is 6.61 Å². The Morgan fingerprint density at radius 1 is 1.27 bits per heavy atom. The molecule has 0 aromatic heterocycles. The molecule has 1 aliphatic heterocycles. The summed E-state index contributed by atoms with van der Waals surface area (Å²) in [5, 5.41) is 45.3. The molecular weight excluding hydrogens is 212 g/mol. The van der Waals surface area contributed by atoms with Gasteiger partial charge in [-0.2, -0.15) is 0 Å². The predicted octanol–water partition coefficient (Wildman–Crippen LogP) is -2.06. The van der Waals surface area contributed by atoms with Gasteiger partial charge in [-0.15, -0.1) is 5.26 Å². The van der Waals surface area contributed by atoms with Crippen molar-refractivity contribution in [2.45, 2.75) is 30.7 Å². The molecule has 0 aromatic rings. The van der Waals surface area contributed by atoms with Crippen molar-refractivity contribution < 1.29 is 40.0 Å². The Kier molecular flexibility index (Phi) is 4.37. The van der Waals surface area contributed by atoms with Crippen LogP contribution in [-0.2, 0) is 14.1 Å². The lowest BCUT2D eigenvalue weighted by atomic mass is 9.99.